The summed E-state index contributed by atoms with van der Waals surface area (Å²) in [6.07, 6.45) is 4.93. The molecule has 4 rings (SSSR count). The topological polar surface area (TPSA) is 75.3 Å². The molecular weight excluding hydrogens is 352 g/mol. The highest BCUT2D eigenvalue weighted by Gasteiger charge is 2.26. The number of aromatic hydroxyl groups is 1. The van der Waals surface area contributed by atoms with Gasteiger partial charge in [0.15, 0.2) is 0 Å². The van der Waals surface area contributed by atoms with Gasteiger partial charge >= 0.3 is 5.97 Å². The lowest BCUT2D eigenvalue weighted by atomic mass is 9.93. The predicted molar refractivity (Wildman–Crippen MR) is 110 cm³/mol. The molecule has 0 saturated carbocycles. The Hall–Kier alpha value is -3.08. The molecule has 0 aliphatic heterocycles. The lowest BCUT2D eigenvalue weighted by Gasteiger charge is -2.14. The summed E-state index contributed by atoms with van der Waals surface area (Å²) in [7, 11) is 1.85. The zero-order valence-corrected chi connectivity index (χ0v) is 16.4. The molecule has 2 N–H and O–H groups in total. The van der Waals surface area contributed by atoms with Gasteiger partial charge in [-0.3, -0.25) is 0 Å². The third kappa shape index (κ3) is 2.70. The largest absolute Gasteiger partial charge is 0.505 e. The number of nitrogens with zero attached hydrogens (tertiary/aromatic N) is 2. The van der Waals surface area contributed by atoms with E-state index in [9.17, 15) is 15.0 Å². The average Bonchev–Trinajstić information content (AvgIpc) is 3.22. The molecule has 1 aliphatic carbocycles. The van der Waals surface area contributed by atoms with Gasteiger partial charge in [-0.25, -0.2) is 9.78 Å². The summed E-state index contributed by atoms with van der Waals surface area (Å²) in [5.74, 6) is -0.277. The Bertz CT molecular complexity index is 1140. The zero-order chi connectivity index (χ0) is 20.0. The first-order valence-electron chi connectivity index (χ1n) is 9.64. The molecule has 5 heteroatoms. The van der Waals surface area contributed by atoms with E-state index in [1.165, 1.54) is 16.7 Å². The van der Waals surface area contributed by atoms with E-state index < -0.39 is 5.97 Å². The van der Waals surface area contributed by atoms with Crippen LogP contribution in [-0.2, 0) is 26.3 Å². The van der Waals surface area contributed by atoms with E-state index in [2.05, 4.69) is 23.2 Å². The van der Waals surface area contributed by atoms with Crippen molar-refractivity contribution in [2.24, 2.45) is 7.05 Å². The van der Waals surface area contributed by atoms with Gasteiger partial charge in [0.05, 0.1) is 11.1 Å². The summed E-state index contributed by atoms with van der Waals surface area (Å²) in [6.45, 7) is 3.80. The number of phenolic OH excluding ortho intramolecular Hbond substituents is 1. The molecule has 28 heavy (non-hydrogen) atoms. The van der Waals surface area contributed by atoms with E-state index in [1.807, 2.05) is 37.6 Å². The van der Waals surface area contributed by atoms with Crippen LogP contribution in [0, 0.1) is 6.92 Å². The Morgan fingerprint density at radius 1 is 1.25 bits per heavy atom. The number of rotatable bonds is 4. The highest BCUT2D eigenvalue weighted by atomic mass is 16.4. The number of carboxylic acids is 1. The summed E-state index contributed by atoms with van der Waals surface area (Å²) < 4.78 is 1.86. The maximum absolute atomic E-state index is 12.1. The van der Waals surface area contributed by atoms with Crippen LogP contribution in [0.3, 0.4) is 0 Å². The number of allylic oxidation sites excluding steroid dienone is 2. The third-order valence-electron chi connectivity index (χ3n) is 5.87. The van der Waals surface area contributed by atoms with E-state index >= 15 is 0 Å². The van der Waals surface area contributed by atoms with Crippen molar-refractivity contribution < 1.29 is 15.0 Å². The van der Waals surface area contributed by atoms with Crippen LogP contribution in [0.4, 0.5) is 0 Å². The van der Waals surface area contributed by atoms with Crippen molar-refractivity contribution in [1.82, 2.24) is 9.55 Å². The fourth-order valence-electron chi connectivity index (χ4n) is 4.38. The van der Waals surface area contributed by atoms with Gasteiger partial charge in [0.1, 0.15) is 17.1 Å². The quantitative estimate of drug-likeness (QED) is 0.707. The average molecular weight is 376 g/mol. The number of phenols is 1. The van der Waals surface area contributed by atoms with Crippen molar-refractivity contribution >= 4 is 22.6 Å². The minimum Gasteiger partial charge on any atom is -0.505 e. The predicted octanol–water partition coefficient (Wildman–Crippen LogP) is 4.42. The standard InChI is InChI=1S/C23H24N2O3/c1-4-16-19(23(27)28)18(22(26)20-21(16)25(3)13(2)24-20)12-11-15-10-9-14-7-5-6-8-17(14)15/h5-8,11,26H,4,9-10,12H2,1-3H3,(H,27,28). The van der Waals surface area contributed by atoms with Gasteiger partial charge in [-0.2, -0.15) is 0 Å². The second-order valence-electron chi connectivity index (χ2n) is 7.35. The Morgan fingerprint density at radius 3 is 2.71 bits per heavy atom. The number of aromatic nitrogens is 2. The Morgan fingerprint density at radius 2 is 2.00 bits per heavy atom. The Balaban J connectivity index is 1.90. The van der Waals surface area contributed by atoms with Gasteiger partial charge in [0.2, 0.25) is 0 Å². The smallest absolute Gasteiger partial charge is 0.336 e. The second-order valence-corrected chi connectivity index (χ2v) is 7.35. The molecule has 0 fully saturated rings. The van der Waals surface area contributed by atoms with Crippen molar-refractivity contribution in [2.45, 2.75) is 39.5 Å². The first-order valence-corrected chi connectivity index (χ1v) is 9.64. The van der Waals surface area contributed by atoms with Crippen LogP contribution in [0.5, 0.6) is 5.75 Å². The van der Waals surface area contributed by atoms with Crippen LogP contribution in [0.15, 0.2) is 30.3 Å². The van der Waals surface area contributed by atoms with Crippen LogP contribution >= 0.6 is 0 Å². The zero-order valence-electron chi connectivity index (χ0n) is 16.4. The maximum Gasteiger partial charge on any atom is 0.336 e. The normalized spacial score (nSPS) is 14.8. The summed E-state index contributed by atoms with van der Waals surface area (Å²) in [4.78, 5) is 16.6. The van der Waals surface area contributed by atoms with Gasteiger partial charge in [-0.15, -0.1) is 0 Å². The molecular formula is C23H24N2O3. The van der Waals surface area contributed by atoms with Gasteiger partial charge < -0.3 is 14.8 Å². The lowest BCUT2D eigenvalue weighted by Crippen LogP contribution is -2.09. The number of carboxylic acid groups (broad SMARTS) is 1. The molecule has 0 radical (unpaired) electrons. The third-order valence-corrected chi connectivity index (χ3v) is 5.87. The van der Waals surface area contributed by atoms with Crippen molar-refractivity contribution in [1.29, 1.82) is 0 Å². The van der Waals surface area contributed by atoms with Crippen LogP contribution in [0.25, 0.3) is 16.6 Å². The number of benzene rings is 2. The van der Waals surface area contributed by atoms with Gasteiger partial charge in [0.25, 0.3) is 0 Å². The van der Waals surface area contributed by atoms with Gasteiger partial charge in [-0.1, -0.05) is 37.3 Å². The van der Waals surface area contributed by atoms with E-state index in [4.69, 9.17) is 0 Å². The highest BCUT2D eigenvalue weighted by molar-refractivity contribution is 6.01. The van der Waals surface area contributed by atoms with Crippen LogP contribution in [0.1, 0.15) is 51.8 Å². The molecule has 0 unspecified atom stereocenters. The molecule has 1 heterocycles. The molecule has 0 bridgehead atoms. The fourth-order valence-corrected chi connectivity index (χ4v) is 4.38. The molecule has 0 atom stereocenters. The van der Waals surface area contributed by atoms with Crippen LogP contribution in [-0.4, -0.2) is 25.7 Å². The summed E-state index contributed by atoms with van der Waals surface area (Å²) in [5.41, 5.74) is 6.33. The Labute approximate surface area is 164 Å². The summed E-state index contributed by atoms with van der Waals surface area (Å²) in [6, 6.07) is 8.31. The lowest BCUT2D eigenvalue weighted by molar-refractivity contribution is 0.0694. The number of aryl methyl sites for hydroxylation is 4. The molecule has 0 spiro atoms. The van der Waals surface area contributed by atoms with E-state index in [0.29, 0.717) is 29.4 Å². The number of carbonyl (C=O) groups is 1. The van der Waals surface area contributed by atoms with Gasteiger partial charge in [-0.05, 0) is 54.9 Å². The number of hydrogen-bond acceptors (Lipinski definition) is 3. The van der Waals surface area contributed by atoms with Gasteiger partial charge in [0, 0.05) is 12.6 Å². The number of aromatic carboxylic acids is 1. The molecule has 1 aromatic heterocycles. The summed E-state index contributed by atoms with van der Waals surface area (Å²) in [5, 5.41) is 20.9. The maximum atomic E-state index is 12.1. The second kappa shape index (κ2) is 6.82. The van der Waals surface area contributed by atoms with Crippen molar-refractivity contribution in [3.8, 4) is 5.75 Å². The first kappa shape index (κ1) is 18.3. The van der Waals surface area contributed by atoms with Crippen LogP contribution in [0.2, 0.25) is 0 Å². The van der Waals surface area contributed by atoms with E-state index in [0.717, 1.165) is 24.2 Å². The monoisotopic (exact) mass is 376 g/mol. The van der Waals surface area contributed by atoms with Crippen molar-refractivity contribution in [3.63, 3.8) is 0 Å². The Kier molecular flexibility index (Phi) is 4.46. The molecule has 5 nitrogen and oxygen atoms in total. The molecule has 0 saturated heterocycles. The molecule has 144 valence electrons. The number of fused-ring (bicyclic) bond motifs is 2. The minimum atomic E-state index is -1.01. The van der Waals surface area contributed by atoms with E-state index in [-0.39, 0.29) is 11.3 Å². The van der Waals surface area contributed by atoms with Crippen LogP contribution < -0.4 is 0 Å². The van der Waals surface area contributed by atoms with Crippen molar-refractivity contribution in [3.05, 3.63) is 64.0 Å². The molecule has 0 amide bonds. The van der Waals surface area contributed by atoms with E-state index in [1.54, 1.807) is 0 Å². The number of hydrogen-bond donors (Lipinski definition) is 2. The SMILES string of the molecule is CCc1c(C(=O)O)c(CC=C2CCc3ccccc32)c(O)c2nc(C)n(C)c12. The number of imidazole rings is 1. The minimum absolute atomic E-state index is 0.0172. The fraction of sp³-hybridized carbons (Fsp3) is 0.304. The molecule has 3 aromatic rings. The van der Waals surface area contributed by atoms with Crippen molar-refractivity contribution in [2.75, 3.05) is 0 Å². The highest BCUT2D eigenvalue weighted by Crippen LogP contribution is 2.38. The molecule has 1 aliphatic rings. The first-order chi connectivity index (χ1) is 13.4. The summed E-state index contributed by atoms with van der Waals surface area (Å²) >= 11 is 0. The molecule has 2 aromatic carbocycles.